The lowest BCUT2D eigenvalue weighted by Crippen LogP contribution is -2.55. The van der Waals surface area contributed by atoms with E-state index in [9.17, 15) is 23.6 Å². The molecule has 2 aliphatic rings. The van der Waals surface area contributed by atoms with Crippen LogP contribution in [-0.2, 0) is 16.3 Å². The average Bonchev–Trinajstić information content (AvgIpc) is 2.87. The fourth-order valence-electron chi connectivity index (χ4n) is 5.25. The van der Waals surface area contributed by atoms with Crippen LogP contribution in [0.1, 0.15) is 30.6 Å². The van der Waals surface area contributed by atoms with Crippen LogP contribution in [0.5, 0.6) is 5.88 Å². The topological polar surface area (TPSA) is 137 Å². The van der Waals surface area contributed by atoms with Crippen LogP contribution in [0.15, 0.2) is 47.6 Å². The molecule has 1 N–H and O–H groups in total. The average molecular weight is 522 g/mol. The van der Waals surface area contributed by atoms with Gasteiger partial charge in [-0.3, -0.25) is 0 Å². The van der Waals surface area contributed by atoms with E-state index in [-0.39, 0.29) is 42.6 Å². The number of rotatable bonds is 4. The fraction of sp³-hybridized carbons (Fsp3) is 0.385. The molecule has 3 aromatic rings. The Labute approximate surface area is 215 Å². The van der Waals surface area contributed by atoms with Gasteiger partial charge in [0.05, 0.1) is 24.1 Å². The van der Waals surface area contributed by atoms with Gasteiger partial charge in [0.2, 0.25) is 15.7 Å². The summed E-state index contributed by atoms with van der Waals surface area (Å²) in [6, 6.07) is 15.6. The van der Waals surface area contributed by atoms with E-state index in [1.54, 1.807) is 0 Å². The van der Waals surface area contributed by atoms with Crippen molar-refractivity contribution in [1.29, 1.82) is 5.26 Å². The lowest BCUT2D eigenvalue weighted by Gasteiger charge is -2.41. The van der Waals surface area contributed by atoms with Crippen LogP contribution in [0.2, 0.25) is 0 Å². The van der Waals surface area contributed by atoms with Crippen LogP contribution in [0.3, 0.4) is 0 Å². The summed E-state index contributed by atoms with van der Waals surface area (Å²) in [5.74, 6) is 0.667. The highest BCUT2D eigenvalue weighted by atomic mass is 32.2. The Balaban J connectivity index is 1.58. The summed E-state index contributed by atoms with van der Waals surface area (Å²) in [5.41, 5.74) is 1.69. The molecule has 0 spiro atoms. The molecule has 1 fully saturated rings. The minimum Gasteiger partial charge on any atom is -0.469 e. The van der Waals surface area contributed by atoms with E-state index in [4.69, 9.17) is 4.74 Å². The highest BCUT2D eigenvalue weighted by Crippen LogP contribution is 2.43. The first-order valence-electron chi connectivity index (χ1n) is 12.0. The molecule has 1 amide bonds. The Hall–Kier alpha value is -3.91. The quantitative estimate of drug-likeness (QED) is 0.512. The van der Waals surface area contributed by atoms with Crippen LogP contribution in [0, 0.1) is 17.2 Å². The van der Waals surface area contributed by atoms with Crippen molar-refractivity contribution in [2.75, 3.05) is 30.8 Å². The highest BCUT2D eigenvalue weighted by Gasteiger charge is 2.37. The van der Waals surface area contributed by atoms with Crippen LogP contribution >= 0.6 is 0 Å². The third-order valence-corrected chi connectivity index (χ3v) is 7.87. The lowest BCUT2D eigenvalue weighted by molar-refractivity contribution is 0.113. The largest absolute Gasteiger partial charge is 0.469 e. The van der Waals surface area contributed by atoms with Crippen molar-refractivity contribution in [3.63, 3.8) is 0 Å². The molecule has 3 atom stereocenters. The van der Waals surface area contributed by atoms with Crippen LogP contribution in [0.4, 0.5) is 10.6 Å². The number of anilines is 1. The second-order valence-corrected chi connectivity index (χ2v) is 11.5. The number of nitriles is 1. The van der Waals surface area contributed by atoms with Crippen molar-refractivity contribution < 1.29 is 23.1 Å². The van der Waals surface area contributed by atoms with Gasteiger partial charge in [-0.2, -0.15) is 10.2 Å². The number of hydrogen-bond acceptors (Lipinski definition) is 8. The predicted octanol–water partition coefficient (Wildman–Crippen LogP) is 3.43. The molecule has 1 saturated heterocycles. The van der Waals surface area contributed by atoms with Gasteiger partial charge in [0, 0.05) is 37.4 Å². The first-order valence-corrected chi connectivity index (χ1v) is 13.9. The van der Waals surface area contributed by atoms with Crippen molar-refractivity contribution in [2.24, 2.45) is 5.92 Å². The number of fused-ring (bicyclic) bond motifs is 2. The zero-order valence-corrected chi connectivity index (χ0v) is 21.4. The van der Waals surface area contributed by atoms with E-state index in [1.165, 1.54) is 4.90 Å². The Morgan fingerprint density at radius 2 is 1.95 bits per heavy atom. The maximum absolute atomic E-state index is 12.5. The predicted molar refractivity (Wildman–Crippen MR) is 136 cm³/mol. The van der Waals surface area contributed by atoms with Crippen molar-refractivity contribution >= 4 is 32.5 Å². The summed E-state index contributed by atoms with van der Waals surface area (Å²) in [5, 5.41) is 20.6. The maximum atomic E-state index is 12.5. The van der Waals surface area contributed by atoms with Crippen LogP contribution in [-0.4, -0.2) is 66.4 Å². The van der Waals surface area contributed by atoms with Crippen molar-refractivity contribution in [3.8, 4) is 11.9 Å². The Morgan fingerprint density at radius 1 is 1.19 bits per heavy atom. The van der Waals surface area contributed by atoms with Crippen LogP contribution < -0.4 is 9.64 Å². The molecular weight excluding hydrogens is 494 g/mol. The number of piperazine rings is 1. The minimum atomic E-state index is -3.76. The zero-order chi connectivity index (χ0) is 26.3. The molecule has 2 aromatic carbocycles. The molecule has 1 aromatic heterocycles. The van der Waals surface area contributed by atoms with Crippen molar-refractivity contribution in [1.82, 2.24) is 14.9 Å². The van der Waals surface area contributed by atoms with E-state index >= 15 is 0 Å². The smallest absolute Gasteiger partial charge is 0.407 e. The molecule has 192 valence electrons. The Kier molecular flexibility index (Phi) is 6.37. The summed E-state index contributed by atoms with van der Waals surface area (Å²) >= 11 is 0. The molecule has 0 saturated carbocycles. The molecule has 2 aliphatic heterocycles. The summed E-state index contributed by atoms with van der Waals surface area (Å²) in [6.07, 6.45) is 0.184. The number of ether oxygens (including phenoxy) is 1. The van der Waals surface area contributed by atoms with Gasteiger partial charge in [0.1, 0.15) is 11.9 Å². The molecule has 0 aliphatic carbocycles. The maximum Gasteiger partial charge on any atom is 0.407 e. The number of amides is 1. The molecule has 3 heterocycles. The molecule has 0 radical (unpaired) electrons. The van der Waals surface area contributed by atoms with Crippen LogP contribution in [0.25, 0.3) is 10.8 Å². The fourth-order valence-corrected chi connectivity index (χ4v) is 5.75. The van der Waals surface area contributed by atoms with Crippen molar-refractivity contribution in [2.45, 2.75) is 37.1 Å². The van der Waals surface area contributed by atoms with E-state index < -0.39 is 22.0 Å². The monoisotopic (exact) mass is 521 g/mol. The molecule has 37 heavy (non-hydrogen) atoms. The van der Waals surface area contributed by atoms with Gasteiger partial charge >= 0.3 is 6.09 Å². The standard InChI is InChI=1S/C26H27N5O5S/c1-16-14-21-23(30-12-13-31(26(32)33)18(15-30)10-11-27)28-25(37(2,34)35)29-24(21)36-22(16)20-9-5-7-17-6-3-4-8-19(17)20/h3-9,16,18,22H,10,12-15H2,1-2H3,(H,32,33)/t16?,18-,22?/m0/s1. The molecule has 10 nitrogen and oxygen atoms in total. The summed E-state index contributed by atoms with van der Waals surface area (Å²) in [7, 11) is -3.76. The number of benzene rings is 2. The first-order chi connectivity index (χ1) is 17.7. The van der Waals surface area contributed by atoms with Gasteiger partial charge in [-0.05, 0) is 17.2 Å². The van der Waals surface area contributed by atoms with Gasteiger partial charge in [0.15, 0.2) is 0 Å². The second-order valence-electron chi connectivity index (χ2n) is 9.61. The second kappa shape index (κ2) is 9.52. The summed E-state index contributed by atoms with van der Waals surface area (Å²) in [4.78, 5) is 23.5. The SMILES string of the molecule is CC1Cc2c(nc(S(C)(=O)=O)nc2N2CCN(C(=O)O)[C@@H](CC#N)C2)OC1c1cccc2ccccc12. The van der Waals surface area contributed by atoms with Gasteiger partial charge in [-0.25, -0.2) is 18.2 Å². The number of hydrogen-bond donors (Lipinski definition) is 1. The molecule has 5 rings (SSSR count). The van der Waals surface area contributed by atoms with Crippen molar-refractivity contribution in [3.05, 3.63) is 53.6 Å². The van der Waals surface area contributed by atoms with E-state index in [1.807, 2.05) is 47.4 Å². The third-order valence-electron chi connectivity index (χ3n) is 7.02. The Morgan fingerprint density at radius 3 is 2.68 bits per heavy atom. The highest BCUT2D eigenvalue weighted by molar-refractivity contribution is 7.90. The summed E-state index contributed by atoms with van der Waals surface area (Å²) in [6.45, 7) is 2.77. The molecule has 11 heteroatoms. The number of carbonyl (C=O) groups is 1. The number of carboxylic acid groups (broad SMARTS) is 1. The number of sulfone groups is 1. The van der Waals surface area contributed by atoms with E-state index in [0.717, 1.165) is 22.6 Å². The van der Waals surface area contributed by atoms with Gasteiger partial charge in [-0.15, -0.1) is 0 Å². The molecule has 2 unspecified atom stereocenters. The minimum absolute atomic E-state index is 0.0189. The summed E-state index contributed by atoms with van der Waals surface area (Å²) < 4.78 is 31.5. The third kappa shape index (κ3) is 4.64. The molecular formula is C26H27N5O5S. The molecule has 0 bridgehead atoms. The van der Waals surface area contributed by atoms with E-state index in [2.05, 4.69) is 23.0 Å². The first kappa shape index (κ1) is 24.8. The lowest BCUT2D eigenvalue weighted by atomic mass is 9.87. The Bertz CT molecular complexity index is 1510. The normalized spacial score (nSPS) is 21.7. The number of nitrogens with zero attached hydrogens (tertiary/aromatic N) is 5. The van der Waals surface area contributed by atoms with E-state index in [0.29, 0.717) is 24.3 Å². The van der Waals surface area contributed by atoms with Gasteiger partial charge < -0.3 is 19.6 Å². The number of aromatic nitrogens is 2. The van der Waals surface area contributed by atoms with Gasteiger partial charge in [0.25, 0.3) is 5.16 Å². The zero-order valence-electron chi connectivity index (χ0n) is 20.5. The van der Waals surface area contributed by atoms with Gasteiger partial charge in [-0.1, -0.05) is 49.4 Å².